The molecule has 2 aliphatic carbocycles. The van der Waals surface area contributed by atoms with E-state index in [2.05, 4.69) is 27.7 Å². The minimum Gasteiger partial charge on any atom is -0.428 e. The zero-order chi connectivity index (χ0) is 25.0. The number of carbonyl (C=O) groups is 2. The number of amides is 1. The Hall–Kier alpha value is -1.26. The molecule has 5 heteroatoms. The summed E-state index contributed by atoms with van der Waals surface area (Å²) in [5.74, 6) is 0.907. The molecule has 0 aromatic rings. The number of unbranched alkanes of at least 4 members (excludes halogenated alkanes) is 12. The Labute approximate surface area is 209 Å². The summed E-state index contributed by atoms with van der Waals surface area (Å²) in [5.41, 5.74) is -0.153. The van der Waals surface area contributed by atoms with Crippen LogP contribution in [-0.2, 0) is 14.3 Å². The third-order valence-corrected chi connectivity index (χ3v) is 9.41. The minimum absolute atomic E-state index is 0.0641. The van der Waals surface area contributed by atoms with Crippen molar-refractivity contribution in [2.75, 3.05) is 13.8 Å². The van der Waals surface area contributed by atoms with Crippen molar-refractivity contribution in [3.63, 3.8) is 0 Å². The minimum atomic E-state index is -0.392. The standard InChI is InChI=1S/C29H53NO4/c1-6-7-8-9-10-11-12-13-14-15-16-17-18-19-26(31)33-23-34-27(32)30(5)29(4)25-21-20-24(22-25)28(29,2)3/h24-25H,6-23H2,1-5H3. The van der Waals surface area contributed by atoms with Gasteiger partial charge in [0.1, 0.15) is 0 Å². The van der Waals surface area contributed by atoms with Crippen molar-refractivity contribution in [3.8, 4) is 0 Å². The van der Waals surface area contributed by atoms with Crippen LogP contribution in [0.3, 0.4) is 0 Å². The van der Waals surface area contributed by atoms with Gasteiger partial charge in [-0.1, -0.05) is 97.8 Å². The lowest BCUT2D eigenvalue weighted by Gasteiger charge is -2.52. The Morgan fingerprint density at radius 1 is 0.765 bits per heavy atom. The van der Waals surface area contributed by atoms with E-state index in [0.717, 1.165) is 12.8 Å². The summed E-state index contributed by atoms with van der Waals surface area (Å²) in [6.07, 6.45) is 20.3. The van der Waals surface area contributed by atoms with Crippen LogP contribution in [-0.4, -0.2) is 36.3 Å². The SMILES string of the molecule is CCCCCCCCCCCCCCCC(=O)OCOC(=O)N(C)C1(C)C2CCC(C2)C1(C)C. The lowest BCUT2D eigenvalue weighted by Crippen LogP contribution is -2.59. The van der Waals surface area contributed by atoms with Crippen molar-refractivity contribution in [2.24, 2.45) is 17.3 Å². The Morgan fingerprint density at radius 2 is 1.26 bits per heavy atom. The molecule has 0 spiro atoms. The monoisotopic (exact) mass is 479 g/mol. The Kier molecular flexibility index (Phi) is 12.2. The summed E-state index contributed by atoms with van der Waals surface area (Å²) in [5, 5.41) is 0. The van der Waals surface area contributed by atoms with Gasteiger partial charge in [0, 0.05) is 13.5 Å². The van der Waals surface area contributed by atoms with Crippen LogP contribution < -0.4 is 0 Å². The molecular weight excluding hydrogens is 426 g/mol. The van der Waals surface area contributed by atoms with Crippen molar-refractivity contribution < 1.29 is 19.1 Å². The molecular formula is C29H53NO4. The van der Waals surface area contributed by atoms with E-state index in [-0.39, 0.29) is 23.7 Å². The van der Waals surface area contributed by atoms with Crippen LogP contribution in [0.2, 0.25) is 0 Å². The van der Waals surface area contributed by atoms with Gasteiger partial charge in [-0.05, 0) is 49.9 Å². The van der Waals surface area contributed by atoms with Gasteiger partial charge in [0.25, 0.3) is 0 Å². The molecule has 2 aliphatic rings. The van der Waals surface area contributed by atoms with E-state index in [9.17, 15) is 9.59 Å². The Balaban J connectivity index is 1.46. The summed E-state index contributed by atoms with van der Waals surface area (Å²) >= 11 is 0. The summed E-state index contributed by atoms with van der Waals surface area (Å²) in [4.78, 5) is 26.4. The fraction of sp³-hybridized carbons (Fsp3) is 0.931. The van der Waals surface area contributed by atoms with Gasteiger partial charge in [0.2, 0.25) is 6.79 Å². The predicted molar refractivity (Wildman–Crippen MR) is 139 cm³/mol. The van der Waals surface area contributed by atoms with Crippen LogP contribution in [0.15, 0.2) is 0 Å². The highest BCUT2D eigenvalue weighted by molar-refractivity contribution is 5.70. The van der Waals surface area contributed by atoms with Crippen LogP contribution >= 0.6 is 0 Å². The molecule has 198 valence electrons. The zero-order valence-electron chi connectivity index (χ0n) is 23.0. The number of fused-ring (bicyclic) bond motifs is 2. The molecule has 1 amide bonds. The molecule has 5 nitrogen and oxygen atoms in total. The molecule has 0 aromatic heterocycles. The van der Waals surface area contributed by atoms with Crippen LogP contribution in [0.1, 0.15) is 137 Å². The fourth-order valence-electron chi connectivity index (χ4n) is 6.58. The van der Waals surface area contributed by atoms with Crippen LogP contribution in [0.25, 0.3) is 0 Å². The first kappa shape index (κ1) is 29.0. The molecule has 0 aromatic carbocycles. The molecule has 2 bridgehead atoms. The third kappa shape index (κ3) is 7.62. The van der Waals surface area contributed by atoms with E-state index in [1.807, 2.05) is 7.05 Å². The molecule has 0 heterocycles. The van der Waals surface area contributed by atoms with Gasteiger partial charge >= 0.3 is 12.1 Å². The molecule has 0 saturated heterocycles. The Bertz CT molecular complexity index is 619. The van der Waals surface area contributed by atoms with Gasteiger partial charge in [-0.3, -0.25) is 4.79 Å². The largest absolute Gasteiger partial charge is 0.428 e. The van der Waals surface area contributed by atoms with Gasteiger partial charge in [0.15, 0.2) is 0 Å². The summed E-state index contributed by atoms with van der Waals surface area (Å²) < 4.78 is 10.5. The van der Waals surface area contributed by atoms with E-state index >= 15 is 0 Å². The molecule has 34 heavy (non-hydrogen) atoms. The molecule has 0 radical (unpaired) electrons. The molecule has 2 rings (SSSR count). The number of hydrogen-bond donors (Lipinski definition) is 0. The van der Waals surface area contributed by atoms with E-state index < -0.39 is 6.09 Å². The normalized spacial score (nSPS) is 24.9. The molecule has 0 N–H and O–H groups in total. The summed E-state index contributed by atoms with van der Waals surface area (Å²) in [6, 6.07) is 0. The lowest BCUT2D eigenvalue weighted by molar-refractivity contribution is -0.153. The van der Waals surface area contributed by atoms with Crippen molar-refractivity contribution in [1.29, 1.82) is 0 Å². The topological polar surface area (TPSA) is 55.8 Å². The quantitative estimate of drug-likeness (QED) is 0.120. The number of carbonyl (C=O) groups excluding carboxylic acids is 2. The Morgan fingerprint density at radius 3 is 1.76 bits per heavy atom. The zero-order valence-corrected chi connectivity index (χ0v) is 23.0. The number of nitrogens with zero attached hydrogens (tertiary/aromatic N) is 1. The maximum atomic E-state index is 12.7. The van der Waals surface area contributed by atoms with Crippen molar-refractivity contribution in [3.05, 3.63) is 0 Å². The van der Waals surface area contributed by atoms with E-state index in [0.29, 0.717) is 18.3 Å². The molecule has 2 saturated carbocycles. The molecule has 0 aliphatic heterocycles. The summed E-state index contributed by atoms with van der Waals surface area (Å²) in [6.45, 7) is 8.72. The first-order chi connectivity index (χ1) is 16.2. The maximum absolute atomic E-state index is 12.7. The fourth-order valence-corrected chi connectivity index (χ4v) is 6.58. The van der Waals surface area contributed by atoms with Gasteiger partial charge in [-0.15, -0.1) is 0 Å². The molecule has 3 atom stereocenters. The molecule has 3 unspecified atom stereocenters. The highest BCUT2D eigenvalue weighted by Gasteiger charge is 2.63. The van der Waals surface area contributed by atoms with Crippen molar-refractivity contribution >= 4 is 12.1 Å². The average Bonchev–Trinajstić information content (AvgIpc) is 3.38. The van der Waals surface area contributed by atoms with Gasteiger partial charge in [0.05, 0.1) is 5.54 Å². The van der Waals surface area contributed by atoms with Crippen LogP contribution in [0.5, 0.6) is 0 Å². The average molecular weight is 480 g/mol. The van der Waals surface area contributed by atoms with E-state index in [1.54, 1.807) is 4.90 Å². The van der Waals surface area contributed by atoms with E-state index in [4.69, 9.17) is 9.47 Å². The first-order valence-electron chi connectivity index (χ1n) is 14.3. The number of esters is 1. The second kappa shape index (κ2) is 14.3. The lowest BCUT2D eigenvalue weighted by atomic mass is 9.63. The van der Waals surface area contributed by atoms with Gasteiger partial charge in [-0.25, -0.2) is 4.79 Å². The number of hydrogen-bond acceptors (Lipinski definition) is 4. The third-order valence-electron chi connectivity index (χ3n) is 9.41. The first-order valence-corrected chi connectivity index (χ1v) is 14.3. The smallest absolute Gasteiger partial charge is 0.412 e. The second-order valence-electron chi connectivity index (χ2n) is 11.7. The summed E-state index contributed by atoms with van der Waals surface area (Å²) in [7, 11) is 1.83. The number of ether oxygens (including phenoxy) is 2. The van der Waals surface area contributed by atoms with Gasteiger partial charge < -0.3 is 14.4 Å². The highest BCUT2D eigenvalue weighted by atomic mass is 16.7. The van der Waals surface area contributed by atoms with E-state index in [1.165, 1.54) is 89.9 Å². The van der Waals surface area contributed by atoms with Gasteiger partial charge in [-0.2, -0.15) is 0 Å². The van der Waals surface area contributed by atoms with Crippen molar-refractivity contribution in [1.82, 2.24) is 4.90 Å². The van der Waals surface area contributed by atoms with Crippen LogP contribution in [0, 0.1) is 17.3 Å². The maximum Gasteiger partial charge on any atom is 0.412 e. The number of rotatable bonds is 17. The second-order valence-corrected chi connectivity index (χ2v) is 11.7. The highest BCUT2D eigenvalue weighted by Crippen LogP contribution is 2.63. The predicted octanol–water partition coefficient (Wildman–Crippen LogP) is 8.25. The van der Waals surface area contributed by atoms with Crippen LogP contribution in [0.4, 0.5) is 4.79 Å². The van der Waals surface area contributed by atoms with Crippen molar-refractivity contribution in [2.45, 2.75) is 142 Å². The molecule has 2 fully saturated rings.